The minimum atomic E-state index is -0.0649. The van der Waals surface area contributed by atoms with Crippen LogP contribution in [0.2, 0.25) is 0 Å². The number of nitrogens with zero attached hydrogens (tertiary/aromatic N) is 2. The molecule has 0 bridgehead atoms. The Morgan fingerprint density at radius 2 is 2.16 bits per heavy atom. The standard InChI is InChI=1S/C16H23FN2/c1-3-13-10-18-9-5-7-14(18)11-19(13)16-12(2)6-4-8-15(16)17/h4,6,8,13-14H,3,5,7,9-11H2,1-2H3. The fraction of sp³-hybridized carbons (Fsp3) is 0.625. The van der Waals surface area contributed by atoms with E-state index in [9.17, 15) is 4.39 Å². The van der Waals surface area contributed by atoms with Crippen molar-refractivity contribution in [2.45, 2.75) is 45.2 Å². The van der Waals surface area contributed by atoms with Crippen molar-refractivity contribution in [3.8, 4) is 0 Å². The molecule has 0 spiro atoms. The molecule has 3 heteroatoms. The quantitative estimate of drug-likeness (QED) is 0.807. The first kappa shape index (κ1) is 12.9. The predicted octanol–water partition coefficient (Wildman–Crippen LogP) is 3.20. The van der Waals surface area contributed by atoms with Gasteiger partial charge in [0.15, 0.2) is 0 Å². The van der Waals surface area contributed by atoms with E-state index in [4.69, 9.17) is 0 Å². The molecule has 104 valence electrons. The van der Waals surface area contributed by atoms with E-state index in [1.165, 1.54) is 19.4 Å². The zero-order valence-electron chi connectivity index (χ0n) is 11.9. The summed E-state index contributed by atoms with van der Waals surface area (Å²) >= 11 is 0. The van der Waals surface area contributed by atoms with Gasteiger partial charge in [-0.05, 0) is 44.4 Å². The van der Waals surface area contributed by atoms with Crippen LogP contribution >= 0.6 is 0 Å². The Hall–Kier alpha value is -1.09. The zero-order valence-corrected chi connectivity index (χ0v) is 11.9. The molecule has 0 saturated carbocycles. The number of benzene rings is 1. The van der Waals surface area contributed by atoms with E-state index in [0.717, 1.165) is 30.8 Å². The fourth-order valence-corrected chi connectivity index (χ4v) is 3.70. The summed E-state index contributed by atoms with van der Waals surface area (Å²) in [5.41, 5.74) is 1.89. The summed E-state index contributed by atoms with van der Waals surface area (Å²) in [6.07, 6.45) is 3.64. The van der Waals surface area contributed by atoms with E-state index >= 15 is 0 Å². The highest BCUT2D eigenvalue weighted by atomic mass is 19.1. The highest BCUT2D eigenvalue weighted by Gasteiger charge is 2.36. The smallest absolute Gasteiger partial charge is 0.146 e. The molecule has 0 radical (unpaired) electrons. The zero-order chi connectivity index (χ0) is 13.4. The van der Waals surface area contributed by atoms with E-state index in [2.05, 4.69) is 16.7 Å². The molecule has 1 aromatic carbocycles. The van der Waals surface area contributed by atoms with Gasteiger partial charge in [0.05, 0.1) is 5.69 Å². The second-order valence-electron chi connectivity index (χ2n) is 5.91. The van der Waals surface area contributed by atoms with Gasteiger partial charge < -0.3 is 4.90 Å². The van der Waals surface area contributed by atoms with Gasteiger partial charge in [0, 0.05) is 25.2 Å². The number of aryl methyl sites for hydroxylation is 1. The van der Waals surface area contributed by atoms with Crippen molar-refractivity contribution < 1.29 is 4.39 Å². The van der Waals surface area contributed by atoms with Crippen LogP contribution in [0.25, 0.3) is 0 Å². The summed E-state index contributed by atoms with van der Waals surface area (Å²) in [6.45, 7) is 7.54. The van der Waals surface area contributed by atoms with Crippen molar-refractivity contribution in [1.82, 2.24) is 4.90 Å². The maximum absolute atomic E-state index is 14.2. The maximum atomic E-state index is 14.2. The van der Waals surface area contributed by atoms with Crippen LogP contribution in [0.15, 0.2) is 18.2 Å². The summed E-state index contributed by atoms with van der Waals surface area (Å²) in [6, 6.07) is 6.50. The van der Waals surface area contributed by atoms with Crippen molar-refractivity contribution in [1.29, 1.82) is 0 Å². The topological polar surface area (TPSA) is 6.48 Å². The minimum Gasteiger partial charge on any atom is -0.363 e. The summed E-state index contributed by atoms with van der Waals surface area (Å²) in [4.78, 5) is 4.93. The average molecular weight is 262 g/mol. The lowest BCUT2D eigenvalue weighted by Crippen LogP contribution is -2.56. The largest absolute Gasteiger partial charge is 0.363 e. The van der Waals surface area contributed by atoms with Crippen molar-refractivity contribution in [2.24, 2.45) is 0 Å². The Labute approximate surface area is 115 Å². The first-order valence-electron chi connectivity index (χ1n) is 7.46. The summed E-state index contributed by atoms with van der Waals surface area (Å²) in [5.74, 6) is -0.0649. The Morgan fingerprint density at radius 1 is 1.32 bits per heavy atom. The lowest BCUT2D eigenvalue weighted by molar-refractivity contribution is 0.194. The number of hydrogen-bond acceptors (Lipinski definition) is 2. The molecule has 0 aliphatic carbocycles. The third-order valence-corrected chi connectivity index (χ3v) is 4.74. The lowest BCUT2D eigenvalue weighted by atomic mass is 10.0. The second-order valence-corrected chi connectivity index (χ2v) is 5.91. The highest BCUT2D eigenvalue weighted by molar-refractivity contribution is 5.55. The average Bonchev–Trinajstić information content (AvgIpc) is 2.84. The van der Waals surface area contributed by atoms with Crippen LogP contribution in [0, 0.1) is 12.7 Å². The Bertz CT molecular complexity index is 440. The van der Waals surface area contributed by atoms with Crippen molar-refractivity contribution >= 4 is 5.69 Å². The van der Waals surface area contributed by atoms with E-state index in [0.29, 0.717) is 12.1 Å². The number of anilines is 1. The van der Waals surface area contributed by atoms with Crippen LogP contribution in [-0.2, 0) is 0 Å². The summed E-state index contributed by atoms with van der Waals surface area (Å²) < 4.78 is 14.2. The molecule has 0 N–H and O–H groups in total. The molecule has 2 fully saturated rings. The number of rotatable bonds is 2. The summed E-state index contributed by atoms with van der Waals surface area (Å²) in [5, 5.41) is 0. The normalized spacial score (nSPS) is 27.6. The molecule has 2 atom stereocenters. The first-order chi connectivity index (χ1) is 9.20. The first-order valence-corrected chi connectivity index (χ1v) is 7.46. The SMILES string of the molecule is CCC1CN2CCCC2CN1c1c(C)cccc1F. The second kappa shape index (κ2) is 5.12. The monoisotopic (exact) mass is 262 g/mol. The third kappa shape index (κ3) is 2.25. The molecule has 2 aliphatic heterocycles. The van der Waals surface area contributed by atoms with Gasteiger partial charge in [-0.2, -0.15) is 0 Å². The number of para-hydroxylation sites is 1. The molecule has 2 nitrogen and oxygen atoms in total. The van der Waals surface area contributed by atoms with Gasteiger partial charge >= 0.3 is 0 Å². The van der Waals surface area contributed by atoms with E-state index in [1.54, 1.807) is 12.1 Å². The van der Waals surface area contributed by atoms with E-state index in [-0.39, 0.29) is 5.82 Å². The van der Waals surface area contributed by atoms with Crippen molar-refractivity contribution in [3.63, 3.8) is 0 Å². The maximum Gasteiger partial charge on any atom is 0.146 e. The molecular formula is C16H23FN2. The number of hydrogen-bond donors (Lipinski definition) is 0. The van der Waals surface area contributed by atoms with Crippen LogP contribution in [0.3, 0.4) is 0 Å². The van der Waals surface area contributed by atoms with E-state index in [1.807, 2.05) is 13.0 Å². The molecule has 0 amide bonds. The van der Waals surface area contributed by atoms with Gasteiger partial charge in [-0.25, -0.2) is 4.39 Å². The molecule has 2 heterocycles. The fourth-order valence-electron chi connectivity index (χ4n) is 3.70. The number of piperazine rings is 1. The van der Waals surface area contributed by atoms with Gasteiger partial charge in [-0.3, -0.25) is 4.90 Å². The van der Waals surface area contributed by atoms with Gasteiger partial charge in [-0.1, -0.05) is 19.1 Å². The summed E-state index contributed by atoms with van der Waals surface area (Å²) in [7, 11) is 0. The number of fused-ring (bicyclic) bond motifs is 1. The van der Waals surface area contributed by atoms with Gasteiger partial charge in [-0.15, -0.1) is 0 Å². The highest BCUT2D eigenvalue weighted by Crippen LogP contribution is 2.33. The molecule has 0 aromatic heterocycles. The van der Waals surface area contributed by atoms with Gasteiger partial charge in [0.1, 0.15) is 5.82 Å². The van der Waals surface area contributed by atoms with Crippen LogP contribution in [-0.4, -0.2) is 36.6 Å². The van der Waals surface area contributed by atoms with Crippen molar-refractivity contribution in [3.05, 3.63) is 29.6 Å². The van der Waals surface area contributed by atoms with Crippen molar-refractivity contribution in [2.75, 3.05) is 24.5 Å². The molecule has 19 heavy (non-hydrogen) atoms. The van der Waals surface area contributed by atoms with Gasteiger partial charge in [0.25, 0.3) is 0 Å². The predicted molar refractivity (Wildman–Crippen MR) is 77.2 cm³/mol. The molecule has 1 aromatic rings. The molecule has 3 rings (SSSR count). The number of halogens is 1. The lowest BCUT2D eigenvalue weighted by Gasteiger charge is -2.45. The third-order valence-electron chi connectivity index (χ3n) is 4.74. The molecule has 2 aliphatic rings. The molecular weight excluding hydrogens is 239 g/mol. The Kier molecular flexibility index (Phi) is 3.48. The minimum absolute atomic E-state index is 0.0649. The van der Waals surface area contributed by atoms with Crippen LogP contribution in [0.4, 0.5) is 10.1 Å². The van der Waals surface area contributed by atoms with E-state index < -0.39 is 0 Å². The van der Waals surface area contributed by atoms with Crippen LogP contribution < -0.4 is 4.90 Å². The van der Waals surface area contributed by atoms with Crippen LogP contribution in [0.1, 0.15) is 31.7 Å². The Morgan fingerprint density at radius 3 is 2.89 bits per heavy atom. The molecule has 2 saturated heterocycles. The molecule has 2 unspecified atom stereocenters. The van der Waals surface area contributed by atoms with Crippen LogP contribution in [0.5, 0.6) is 0 Å². The van der Waals surface area contributed by atoms with Gasteiger partial charge in [0.2, 0.25) is 0 Å². The Balaban J connectivity index is 1.93.